The second-order valence-electron chi connectivity index (χ2n) is 6.92. The molecule has 0 aliphatic carbocycles. The molecule has 2 aromatic carbocycles. The van der Waals surface area contributed by atoms with Gasteiger partial charge in [-0.05, 0) is 70.1 Å². The minimum atomic E-state index is -3.99. The lowest BCUT2D eigenvalue weighted by atomic mass is 10.0. The standard InChI is InChI=1S/C20H15N3O6S2/c1-11-6-17-18(28-10-27-17)8-12(11)7-16(24)20-19(4-5-30-20)31(25,26)23-13-2-3-14-15(9-13)22-29-21-14/h2-6,8-9,23H,7,10H2,1H3. The molecule has 0 unspecified atom stereocenters. The summed E-state index contributed by atoms with van der Waals surface area (Å²) >= 11 is 1.09. The minimum absolute atomic E-state index is 0.0437. The van der Waals surface area contributed by atoms with Crippen molar-refractivity contribution < 1.29 is 27.3 Å². The summed E-state index contributed by atoms with van der Waals surface area (Å²) in [6, 6.07) is 9.64. The van der Waals surface area contributed by atoms with Gasteiger partial charge in [0.25, 0.3) is 10.0 Å². The molecule has 0 saturated heterocycles. The Bertz CT molecular complexity index is 1420. The number of nitrogens with zero attached hydrogens (tertiary/aromatic N) is 2. The molecule has 0 radical (unpaired) electrons. The fourth-order valence-electron chi connectivity index (χ4n) is 3.30. The van der Waals surface area contributed by atoms with Gasteiger partial charge in [-0.2, -0.15) is 0 Å². The maximum absolute atomic E-state index is 13.0. The van der Waals surface area contributed by atoms with Gasteiger partial charge in [0.15, 0.2) is 17.3 Å². The largest absolute Gasteiger partial charge is 0.454 e. The Morgan fingerprint density at radius 3 is 2.71 bits per heavy atom. The van der Waals surface area contributed by atoms with E-state index in [0.29, 0.717) is 28.2 Å². The van der Waals surface area contributed by atoms with Crippen molar-refractivity contribution in [3.05, 3.63) is 57.8 Å². The number of sulfonamides is 1. The number of aromatic nitrogens is 2. The third-order valence-corrected chi connectivity index (χ3v) is 7.37. The van der Waals surface area contributed by atoms with Crippen molar-refractivity contribution in [3.63, 3.8) is 0 Å². The van der Waals surface area contributed by atoms with E-state index in [1.807, 2.05) is 13.0 Å². The molecule has 4 aromatic rings. The van der Waals surface area contributed by atoms with Gasteiger partial charge >= 0.3 is 0 Å². The van der Waals surface area contributed by atoms with Crippen LogP contribution < -0.4 is 14.2 Å². The molecular formula is C20H15N3O6S2. The fraction of sp³-hybridized carbons (Fsp3) is 0.150. The molecule has 0 bridgehead atoms. The Morgan fingerprint density at radius 2 is 1.87 bits per heavy atom. The van der Waals surface area contributed by atoms with E-state index >= 15 is 0 Å². The average Bonchev–Trinajstić information content (AvgIpc) is 3.47. The van der Waals surface area contributed by atoms with Crippen molar-refractivity contribution in [2.45, 2.75) is 18.2 Å². The van der Waals surface area contributed by atoms with Crippen molar-refractivity contribution in [2.75, 3.05) is 11.5 Å². The summed E-state index contributed by atoms with van der Waals surface area (Å²) in [5.41, 5.74) is 2.84. The van der Waals surface area contributed by atoms with Gasteiger partial charge in [-0.15, -0.1) is 11.3 Å². The van der Waals surface area contributed by atoms with Crippen LogP contribution in [-0.4, -0.2) is 31.3 Å². The van der Waals surface area contributed by atoms with E-state index < -0.39 is 10.0 Å². The number of carbonyl (C=O) groups is 1. The highest BCUT2D eigenvalue weighted by molar-refractivity contribution is 7.93. The summed E-state index contributed by atoms with van der Waals surface area (Å²) in [5, 5.41) is 8.98. The van der Waals surface area contributed by atoms with E-state index in [4.69, 9.17) is 9.47 Å². The minimum Gasteiger partial charge on any atom is -0.454 e. The number of rotatable bonds is 6. The Balaban J connectivity index is 1.41. The summed E-state index contributed by atoms with van der Waals surface area (Å²) in [6.45, 7) is 2.01. The van der Waals surface area contributed by atoms with E-state index in [0.717, 1.165) is 22.5 Å². The number of hydrogen-bond donors (Lipinski definition) is 1. The third kappa shape index (κ3) is 3.62. The van der Waals surface area contributed by atoms with Gasteiger partial charge < -0.3 is 9.47 Å². The second kappa shape index (κ2) is 7.36. The lowest BCUT2D eigenvalue weighted by molar-refractivity contribution is 0.0994. The molecule has 0 saturated carbocycles. The van der Waals surface area contributed by atoms with Gasteiger partial charge in [0, 0.05) is 6.42 Å². The van der Waals surface area contributed by atoms with Gasteiger partial charge in [0.05, 0.1) is 10.6 Å². The number of benzene rings is 2. The average molecular weight is 457 g/mol. The summed E-state index contributed by atoms with van der Waals surface area (Å²) in [5.74, 6) is 0.914. The second-order valence-corrected chi connectivity index (χ2v) is 9.49. The van der Waals surface area contributed by atoms with E-state index in [2.05, 4.69) is 19.7 Å². The SMILES string of the molecule is Cc1cc2c(cc1CC(=O)c1sccc1S(=O)(=O)Nc1ccc3nonc3c1)OCO2. The third-order valence-electron chi connectivity index (χ3n) is 4.86. The molecule has 158 valence electrons. The van der Waals surface area contributed by atoms with Crippen LogP contribution in [-0.2, 0) is 16.4 Å². The maximum Gasteiger partial charge on any atom is 0.263 e. The maximum atomic E-state index is 13.0. The first kappa shape index (κ1) is 19.5. The number of fused-ring (bicyclic) bond motifs is 2. The monoisotopic (exact) mass is 457 g/mol. The van der Waals surface area contributed by atoms with Crippen LogP contribution in [0, 0.1) is 6.92 Å². The van der Waals surface area contributed by atoms with Crippen molar-refractivity contribution in [2.24, 2.45) is 0 Å². The number of anilines is 1. The molecular weight excluding hydrogens is 442 g/mol. The first-order chi connectivity index (χ1) is 14.9. The Kier molecular flexibility index (Phi) is 4.63. The zero-order valence-corrected chi connectivity index (χ0v) is 17.7. The molecule has 1 N–H and O–H groups in total. The van der Waals surface area contributed by atoms with E-state index in [1.54, 1.807) is 23.6 Å². The number of nitrogens with one attached hydrogen (secondary N) is 1. The summed E-state index contributed by atoms with van der Waals surface area (Å²) in [4.78, 5) is 13.1. The fourth-order valence-corrected chi connectivity index (χ4v) is 5.74. The predicted octanol–water partition coefficient (Wildman–Crippen LogP) is 3.55. The van der Waals surface area contributed by atoms with Crippen LogP contribution in [0.25, 0.3) is 11.0 Å². The molecule has 0 atom stereocenters. The normalized spacial score (nSPS) is 12.9. The van der Waals surface area contributed by atoms with Crippen LogP contribution in [0.3, 0.4) is 0 Å². The highest BCUT2D eigenvalue weighted by atomic mass is 32.2. The topological polar surface area (TPSA) is 121 Å². The predicted molar refractivity (Wildman–Crippen MR) is 112 cm³/mol. The number of ether oxygens (including phenoxy) is 2. The van der Waals surface area contributed by atoms with Crippen molar-refractivity contribution in [3.8, 4) is 11.5 Å². The van der Waals surface area contributed by atoms with Gasteiger partial charge in [-0.1, -0.05) is 0 Å². The number of carbonyl (C=O) groups excluding carboxylic acids is 1. The number of thiophene rings is 1. The smallest absolute Gasteiger partial charge is 0.263 e. The van der Waals surface area contributed by atoms with Gasteiger partial charge in [-0.25, -0.2) is 13.0 Å². The summed E-state index contributed by atoms with van der Waals surface area (Å²) in [6.07, 6.45) is 0.0437. The van der Waals surface area contributed by atoms with E-state index in [9.17, 15) is 13.2 Å². The Hall–Kier alpha value is -3.44. The van der Waals surface area contributed by atoms with Gasteiger partial charge in [-0.3, -0.25) is 9.52 Å². The molecule has 11 heteroatoms. The quantitative estimate of drug-likeness (QED) is 0.437. The molecule has 3 heterocycles. The highest BCUT2D eigenvalue weighted by Gasteiger charge is 2.25. The van der Waals surface area contributed by atoms with Crippen LogP contribution in [0.2, 0.25) is 0 Å². The van der Waals surface area contributed by atoms with Crippen LogP contribution in [0.4, 0.5) is 5.69 Å². The van der Waals surface area contributed by atoms with E-state index in [-0.39, 0.29) is 28.8 Å². The Labute approximate surface area is 180 Å². The van der Waals surface area contributed by atoms with Crippen molar-refractivity contribution >= 4 is 43.9 Å². The lowest BCUT2D eigenvalue weighted by Gasteiger charge is -2.10. The molecule has 5 rings (SSSR count). The Morgan fingerprint density at radius 1 is 1.10 bits per heavy atom. The molecule has 0 spiro atoms. The zero-order chi connectivity index (χ0) is 21.6. The van der Waals surface area contributed by atoms with Crippen molar-refractivity contribution in [1.29, 1.82) is 0 Å². The highest BCUT2D eigenvalue weighted by Crippen LogP contribution is 2.35. The first-order valence-corrected chi connectivity index (χ1v) is 11.5. The van der Waals surface area contributed by atoms with Crippen LogP contribution in [0.5, 0.6) is 11.5 Å². The molecule has 31 heavy (non-hydrogen) atoms. The molecule has 1 aliphatic rings. The van der Waals surface area contributed by atoms with Gasteiger partial charge in [0.2, 0.25) is 6.79 Å². The van der Waals surface area contributed by atoms with Crippen LogP contribution in [0.1, 0.15) is 20.8 Å². The number of Topliss-reactive ketones (excluding diaryl/α,β-unsaturated/α-hetero) is 1. The molecule has 0 amide bonds. The zero-order valence-electron chi connectivity index (χ0n) is 16.1. The molecule has 9 nitrogen and oxygen atoms in total. The van der Waals surface area contributed by atoms with Crippen LogP contribution in [0.15, 0.2) is 51.3 Å². The molecule has 0 fully saturated rings. The van der Waals surface area contributed by atoms with Gasteiger partial charge in [0.1, 0.15) is 15.9 Å². The molecule has 2 aromatic heterocycles. The number of aryl methyl sites for hydroxylation is 1. The first-order valence-electron chi connectivity index (χ1n) is 9.16. The number of hydrogen-bond acceptors (Lipinski definition) is 9. The summed E-state index contributed by atoms with van der Waals surface area (Å²) < 4.78 is 43.8. The van der Waals surface area contributed by atoms with Crippen molar-refractivity contribution in [1.82, 2.24) is 10.3 Å². The summed E-state index contributed by atoms with van der Waals surface area (Å²) in [7, 11) is -3.99. The van der Waals surface area contributed by atoms with E-state index in [1.165, 1.54) is 12.1 Å². The lowest BCUT2D eigenvalue weighted by Crippen LogP contribution is -2.16. The molecule has 1 aliphatic heterocycles. The number of ketones is 1. The van der Waals surface area contributed by atoms with Crippen LogP contribution >= 0.6 is 11.3 Å².